The number of carbonyl (C=O) groups is 1. The lowest BCUT2D eigenvalue weighted by molar-refractivity contribution is -0.121. The predicted octanol–water partition coefficient (Wildman–Crippen LogP) is 1.97. The van der Waals surface area contributed by atoms with Crippen molar-refractivity contribution in [1.29, 1.82) is 0 Å². The Morgan fingerprint density at radius 1 is 1.39 bits per heavy atom. The van der Waals surface area contributed by atoms with Crippen LogP contribution in [0, 0.1) is 0 Å². The molecule has 0 saturated heterocycles. The van der Waals surface area contributed by atoms with Crippen LogP contribution < -0.4 is 11.1 Å². The molecule has 4 nitrogen and oxygen atoms in total. The number of carbonyl (C=O) groups excluding carboxylic acids is 1. The van der Waals surface area contributed by atoms with Gasteiger partial charge >= 0.3 is 0 Å². The molecule has 1 saturated carbocycles. The zero-order valence-electron chi connectivity index (χ0n) is 11.6. The molecule has 0 aromatic carbocycles. The van der Waals surface area contributed by atoms with E-state index in [1.165, 1.54) is 32.1 Å². The van der Waals surface area contributed by atoms with Crippen molar-refractivity contribution in [2.75, 3.05) is 13.2 Å². The second-order valence-corrected chi connectivity index (χ2v) is 5.21. The Labute approximate surface area is 111 Å². The minimum absolute atomic E-state index is 0.0107. The van der Waals surface area contributed by atoms with Crippen molar-refractivity contribution >= 4 is 5.91 Å². The molecule has 1 atom stereocenters. The van der Waals surface area contributed by atoms with Crippen LogP contribution in [0.3, 0.4) is 0 Å². The average Bonchev–Trinajstić information content (AvgIpc) is 2.39. The van der Waals surface area contributed by atoms with E-state index in [2.05, 4.69) is 5.32 Å². The van der Waals surface area contributed by atoms with Crippen molar-refractivity contribution in [3.8, 4) is 0 Å². The van der Waals surface area contributed by atoms with Crippen molar-refractivity contribution in [2.45, 2.75) is 70.4 Å². The van der Waals surface area contributed by atoms with Gasteiger partial charge in [0.2, 0.25) is 5.91 Å². The lowest BCUT2D eigenvalue weighted by Crippen LogP contribution is -2.32. The molecule has 1 rings (SSSR count). The fourth-order valence-electron chi connectivity index (χ4n) is 2.24. The van der Waals surface area contributed by atoms with Crippen LogP contribution in [-0.4, -0.2) is 31.2 Å². The van der Waals surface area contributed by atoms with Crippen molar-refractivity contribution in [2.24, 2.45) is 5.73 Å². The van der Waals surface area contributed by atoms with Crippen molar-refractivity contribution in [3.05, 3.63) is 0 Å². The van der Waals surface area contributed by atoms with Crippen molar-refractivity contribution in [1.82, 2.24) is 5.32 Å². The second-order valence-electron chi connectivity index (χ2n) is 5.21. The van der Waals surface area contributed by atoms with Gasteiger partial charge in [-0.05, 0) is 25.7 Å². The quantitative estimate of drug-likeness (QED) is 0.653. The van der Waals surface area contributed by atoms with E-state index in [0.29, 0.717) is 19.1 Å². The number of rotatable bonds is 8. The SMILES string of the molecule is CCC(N)CC(=O)NCCCOC1CCCCC1. The van der Waals surface area contributed by atoms with Crippen LogP contribution in [0.4, 0.5) is 0 Å². The molecule has 1 amide bonds. The van der Waals surface area contributed by atoms with Crippen LogP contribution in [0.1, 0.15) is 58.3 Å². The third-order valence-corrected chi connectivity index (χ3v) is 3.52. The monoisotopic (exact) mass is 256 g/mol. The molecule has 0 radical (unpaired) electrons. The molecule has 18 heavy (non-hydrogen) atoms. The summed E-state index contributed by atoms with van der Waals surface area (Å²) in [6.07, 6.45) is 9.00. The van der Waals surface area contributed by atoms with Gasteiger partial charge in [0.05, 0.1) is 6.10 Å². The van der Waals surface area contributed by atoms with E-state index >= 15 is 0 Å². The lowest BCUT2D eigenvalue weighted by Gasteiger charge is -2.21. The van der Waals surface area contributed by atoms with Gasteiger partial charge in [-0.3, -0.25) is 4.79 Å². The maximum absolute atomic E-state index is 11.4. The van der Waals surface area contributed by atoms with E-state index < -0.39 is 0 Å². The summed E-state index contributed by atoms with van der Waals surface area (Å²) in [5.41, 5.74) is 5.72. The third-order valence-electron chi connectivity index (χ3n) is 3.52. The van der Waals surface area contributed by atoms with E-state index in [9.17, 15) is 4.79 Å². The highest BCUT2D eigenvalue weighted by Gasteiger charge is 2.13. The molecule has 0 aromatic rings. The summed E-state index contributed by atoms with van der Waals surface area (Å²) in [5.74, 6) is 0.0574. The maximum atomic E-state index is 11.4. The van der Waals surface area contributed by atoms with E-state index in [-0.39, 0.29) is 11.9 Å². The summed E-state index contributed by atoms with van der Waals surface area (Å²) in [5, 5.41) is 2.89. The highest BCUT2D eigenvalue weighted by atomic mass is 16.5. The van der Waals surface area contributed by atoms with Gasteiger partial charge in [0.25, 0.3) is 0 Å². The molecule has 0 heterocycles. The van der Waals surface area contributed by atoms with Gasteiger partial charge in [-0.2, -0.15) is 0 Å². The number of hydrogen-bond acceptors (Lipinski definition) is 3. The molecule has 1 fully saturated rings. The van der Waals surface area contributed by atoms with Gasteiger partial charge in [0.1, 0.15) is 0 Å². The normalized spacial score (nSPS) is 18.6. The topological polar surface area (TPSA) is 64.4 Å². The smallest absolute Gasteiger partial charge is 0.221 e. The average molecular weight is 256 g/mol. The molecule has 0 spiro atoms. The number of nitrogens with one attached hydrogen (secondary N) is 1. The maximum Gasteiger partial charge on any atom is 0.221 e. The highest BCUT2D eigenvalue weighted by Crippen LogP contribution is 2.20. The fourth-order valence-corrected chi connectivity index (χ4v) is 2.24. The molecule has 1 aliphatic rings. The predicted molar refractivity (Wildman–Crippen MR) is 73.3 cm³/mol. The molecular formula is C14H28N2O2. The van der Waals surface area contributed by atoms with Crippen LogP contribution in [0.2, 0.25) is 0 Å². The Kier molecular flexibility index (Phi) is 8.01. The lowest BCUT2D eigenvalue weighted by atomic mass is 9.98. The first kappa shape index (κ1) is 15.4. The standard InChI is InChI=1S/C14H28N2O2/c1-2-12(15)11-14(17)16-9-6-10-18-13-7-4-3-5-8-13/h12-13H,2-11,15H2,1H3,(H,16,17). The van der Waals surface area contributed by atoms with Crippen LogP contribution in [0.5, 0.6) is 0 Å². The van der Waals surface area contributed by atoms with Crippen molar-refractivity contribution in [3.63, 3.8) is 0 Å². The Morgan fingerprint density at radius 2 is 2.11 bits per heavy atom. The molecule has 106 valence electrons. The van der Waals surface area contributed by atoms with E-state index in [4.69, 9.17) is 10.5 Å². The van der Waals surface area contributed by atoms with E-state index in [1.54, 1.807) is 0 Å². The van der Waals surface area contributed by atoms with Gasteiger partial charge in [-0.1, -0.05) is 26.2 Å². The second kappa shape index (κ2) is 9.34. The molecule has 0 aliphatic heterocycles. The summed E-state index contributed by atoms with van der Waals surface area (Å²) in [6, 6.07) is -0.0107. The molecule has 0 aromatic heterocycles. The summed E-state index contributed by atoms with van der Waals surface area (Å²) in [4.78, 5) is 11.4. The number of amides is 1. The molecule has 1 aliphatic carbocycles. The first-order valence-corrected chi connectivity index (χ1v) is 7.36. The highest BCUT2D eigenvalue weighted by molar-refractivity contribution is 5.76. The zero-order valence-corrected chi connectivity index (χ0v) is 11.6. The number of hydrogen-bond donors (Lipinski definition) is 2. The minimum Gasteiger partial charge on any atom is -0.378 e. The van der Waals surface area contributed by atoms with E-state index in [0.717, 1.165) is 19.4 Å². The molecule has 3 N–H and O–H groups in total. The number of ether oxygens (including phenoxy) is 1. The minimum atomic E-state index is -0.0107. The first-order valence-electron chi connectivity index (χ1n) is 7.36. The van der Waals surface area contributed by atoms with Gasteiger partial charge in [-0.25, -0.2) is 0 Å². The van der Waals surface area contributed by atoms with Crippen LogP contribution >= 0.6 is 0 Å². The number of nitrogens with two attached hydrogens (primary N) is 1. The largest absolute Gasteiger partial charge is 0.378 e. The Morgan fingerprint density at radius 3 is 2.78 bits per heavy atom. The van der Waals surface area contributed by atoms with Gasteiger partial charge in [0.15, 0.2) is 0 Å². The Balaban J connectivity index is 1.92. The Hall–Kier alpha value is -0.610. The van der Waals surface area contributed by atoms with Gasteiger partial charge < -0.3 is 15.8 Å². The summed E-state index contributed by atoms with van der Waals surface area (Å²) in [6.45, 7) is 3.45. The summed E-state index contributed by atoms with van der Waals surface area (Å²) < 4.78 is 5.79. The summed E-state index contributed by atoms with van der Waals surface area (Å²) >= 11 is 0. The van der Waals surface area contributed by atoms with Gasteiger partial charge in [0, 0.05) is 25.6 Å². The van der Waals surface area contributed by atoms with Crippen LogP contribution in [-0.2, 0) is 9.53 Å². The van der Waals surface area contributed by atoms with Crippen molar-refractivity contribution < 1.29 is 9.53 Å². The van der Waals surface area contributed by atoms with Gasteiger partial charge in [-0.15, -0.1) is 0 Å². The summed E-state index contributed by atoms with van der Waals surface area (Å²) in [7, 11) is 0. The molecule has 4 heteroatoms. The van der Waals surface area contributed by atoms with Crippen LogP contribution in [0.15, 0.2) is 0 Å². The fraction of sp³-hybridized carbons (Fsp3) is 0.929. The zero-order chi connectivity index (χ0) is 13.2. The van der Waals surface area contributed by atoms with E-state index in [1.807, 2.05) is 6.92 Å². The molecule has 0 bridgehead atoms. The molecule has 1 unspecified atom stereocenters. The first-order chi connectivity index (χ1) is 8.72. The van der Waals surface area contributed by atoms with Crippen LogP contribution in [0.25, 0.3) is 0 Å². The Bertz CT molecular complexity index is 228. The molecular weight excluding hydrogens is 228 g/mol. The third kappa shape index (κ3) is 6.97.